The van der Waals surface area contributed by atoms with E-state index >= 15 is 0 Å². The molecular weight excluding hydrogens is 264 g/mol. The molecule has 0 bridgehead atoms. The Hall–Kier alpha value is -2.01. The van der Waals surface area contributed by atoms with E-state index in [0.717, 1.165) is 24.2 Å². The summed E-state index contributed by atoms with van der Waals surface area (Å²) in [6, 6.07) is 5.92. The van der Waals surface area contributed by atoms with E-state index in [4.69, 9.17) is 17.3 Å². The van der Waals surface area contributed by atoms with Crippen molar-refractivity contribution in [2.75, 3.05) is 17.2 Å². The normalized spacial score (nSPS) is 14.3. The smallest absolute Gasteiger partial charge is 0.271 e. The fourth-order valence-electron chi connectivity index (χ4n) is 2.35. The van der Waals surface area contributed by atoms with Crippen molar-refractivity contribution in [2.45, 2.75) is 13.0 Å². The summed E-state index contributed by atoms with van der Waals surface area (Å²) in [4.78, 5) is 20.1. The molecule has 0 unspecified atom stereocenters. The molecule has 1 aliphatic heterocycles. The molecule has 1 aliphatic rings. The van der Waals surface area contributed by atoms with Crippen LogP contribution in [0.5, 0.6) is 0 Å². The summed E-state index contributed by atoms with van der Waals surface area (Å²) in [6.07, 6.45) is 2.26. The number of hydrogen-bond donors (Lipinski definition) is 2. The van der Waals surface area contributed by atoms with E-state index in [1.54, 1.807) is 0 Å². The SMILES string of the molecule is Nc1ccc2c(c1)CN(c1nc[nH]c(=O)c1Cl)CC2. The molecule has 2 heterocycles. The highest BCUT2D eigenvalue weighted by molar-refractivity contribution is 6.32. The first-order chi connectivity index (χ1) is 9.15. The molecule has 0 saturated heterocycles. The van der Waals surface area contributed by atoms with Crippen molar-refractivity contribution < 1.29 is 0 Å². The van der Waals surface area contributed by atoms with Crippen LogP contribution in [-0.4, -0.2) is 16.5 Å². The molecule has 0 radical (unpaired) electrons. The van der Waals surface area contributed by atoms with Crippen molar-refractivity contribution in [1.82, 2.24) is 9.97 Å². The van der Waals surface area contributed by atoms with Crippen LogP contribution in [0.1, 0.15) is 11.1 Å². The molecule has 3 N–H and O–H groups in total. The monoisotopic (exact) mass is 276 g/mol. The standard InChI is InChI=1S/C13H13ClN4O/c14-11-12(16-7-17-13(11)19)18-4-3-8-1-2-10(15)5-9(8)6-18/h1-2,5,7H,3-4,6,15H2,(H,16,17,19). The summed E-state index contributed by atoms with van der Waals surface area (Å²) in [5, 5.41) is 0.134. The lowest BCUT2D eigenvalue weighted by molar-refractivity contribution is 0.719. The van der Waals surface area contributed by atoms with Crippen molar-refractivity contribution >= 4 is 23.1 Å². The van der Waals surface area contributed by atoms with E-state index < -0.39 is 0 Å². The van der Waals surface area contributed by atoms with Crippen molar-refractivity contribution in [2.24, 2.45) is 0 Å². The van der Waals surface area contributed by atoms with Gasteiger partial charge in [-0.25, -0.2) is 4.98 Å². The second kappa shape index (κ2) is 4.59. The van der Waals surface area contributed by atoms with Crippen molar-refractivity contribution in [3.8, 4) is 0 Å². The second-order valence-corrected chi connectivity index (χ2v) is 4.95. The summed E-state index contributed by atoms with van der Waals surface area (Å²) < 4.78 is 0. The Morgan fingerprint density at radius 1 is 1.37 bits per heavy atom. The number of H-pyrrole nitrogens is 1. The van der Waals surface area contributed by atoms with Gasteiger partial charge in [0.05, 0.1) is 6.33 Å². The molecule has 98 valence electrons. The number of aromatic amines is 1. The van der Waals surface area contributed by atoms with E-state index in [9.17, 15) is 4.79 Å². The van der Waals surface area contributed by atoms with Crippen LogP contribution >= 0.6 is 11.6 Å². The highest BCUT2D eigenvalue weighted by Gasteiger charge is 2.20. The third-order valence-corrected chi connectivity index (χ3v) is 3.66. The molecule has 1 aromatic carbocycles. The Balaban J connectivity index is 1.97. The van der Waals surface area contributed by atoms with Crippen LogP contribution < -0.4 is 16.2 Å². The molecule has 0 spiro atoms. The predicted molar refractivity (Wildman–Crippen MR) is 75.5 cm³/mol. The molecule has 1 aromatic heterocycles. The Kier molecular flexibility index (Phi) is 2.91. The Morgan fingerprint density at radius 3 is 3.05 bits per heavy atom. The fraction of sp³-hybridized carbons (Fsp3) is 0.231. The Bertz CT molecular complexity index is 683. The number of anilines is 2. The van der Waals surface area contributed by atoms with Gasteiger partial charge in [-0.05, 0) is 29.7 Å². The zero-order chi connectivity index (χ0) is 13.4. The number of nitrogen functional groups attached to an aromatic ring is 1. The minimum absolute atomic E-state index is 0.134. The average Bonchev–Trinajstić information content (AvgIpc) is 2.41. The van der Waals surface area contributed by atoms with Gasteiger partial charge in [-0.3, -0.25) is 4.79 Å². The summed E-state index contributed by atoms with van der Waals surface area (Å²) in [5.41, 5.74) is 8.67. The van der Waals surface area contributed by atoms with Gasteiger partial charge in [0, 0.05) is 18.8 Å². The lowest BCUT2D eigenvalue weighted by Crippen LogP contribution is -2.32. The largest absolute Gasteiger partial charge is 0.399 e. The molecule has 6 heteroatoms. The third-order valence-electron chi connectivity index (χ3n) is 3.32. The minimum Gasteiger partial charge on any atom is -0.399 e. The van der Waals surface area contributed by atoms with Crippen LogP contribution in [0.4, 0.5) is 11.5 Å². The van der Waals surface area contributed by atoms with Crippen molar-refractivity contribution in [3.63, 3.8) is 0 Å². The molecule has 0 amide bonds. The van der Waals surface area contributed by atoms with Gasteiger partial charge in [0.1, 0.15) is 5.02 Å². The summed E-state index contributed by atoms with van der Waals surface area (Å²) in [7, 11) is 0. The van der Waals surface area contributed by atoms with Gasteiger partial charge < -0.3 is 15.6 Å². The van der Waals surface area contributed by atoms with Crippen LogP contribution in [0.2, 0.25) is 5.02 Å². The first-order valence-electron chi connectivity index (χ1n) is 6.00. The number of hydrogen-bond acceptors (Lipinski definition) is 4. The summed E-state index contributed by atoms with van der Waals surface area (Å²) in [5.74, 6) is 0.526. The first kappa shape index (κ1) is 12.0. The van der Waals surface area contributed by atoms with Crippen LogP contribution in [0.15, 0.2) is 29.3 Å². The molecule has 19 heavy (non-hydrogen) atoms. The quantitative estimate of drug-likeness (QED) is 0.775. The third kappa shape index (κ3) is 2.17. The van der Waals surface area contributed by atoms with E-state index in [-0.39, 0.29) is 10.6 Å². The fourth-order valence-corrected chi connectivity index (χ4v) is 2.57. The number of halogens is 1. The molecular formula is C13H13ClN4O. The maximum absolute atomic E-state index is 11.5. The molecule has 0 saturated carbocycles. The van der Waals surface area contributed by atoms with Gasteiger partial charge >= 0.3 is 0 Å². The number of aromatic nitrogens is 2. The van der Waals surface area contributed by atoms with Gasteiger partial charge in [0.25, 0.3) is 5.56 Å². The summed E-state index contributed by atoms with van der Waals surface area (Å²) in [6.45, 7) is 1.45. The van der Waals surface area contributed by atoms with Crippen molar-refractivity contribution in [1.29, 1.82) is 0 Å². The lowest BCUT2D eigenvalue weighted by Gasteiger charge is -2.30. The molecule has 3 rings (SSSR count). The lowest BCUT2D eigenvalue weighted by atomic mass is 9.99. The van der Waals surface area contributed by atoms with E-state index in [1.807, 2.05) is 17.0 Å². The topological polar surface area (TPSA) is 75.0 Å². The molecule has 5 nitrogen and oxygen atoms in total. The zero-order valence-electron chi connectivity index (χ0n) is 10.2. The minimum atomic E-state index is -0.315. The van der Waals surface area contributed by atoms with Gasteiger partial charge in [0.2, 0.25) is 0 Å². The maximum atomic E-state index is 11.5. The first-order valence-corrected chi connectivity index (χ1v) is 6.38. The number of nitrogens with two attached hydrogens (primary N) is 1. The molecule has 2 aromatic rings. The molecule has 0 atom stereocenters. The van der Waals surface area contributed by atoms with E-state index in [2.05, 4.69) is 16.0 Å². The number of fused-ring (bicyclic) bond motifs is 1. The number of nitrogens with zero attached hydrogens (tertiary/aromatic N) is 2. The average molecular weight is 277 g/mol. The van der Waals surface area contributed by atoms with Gasteiger partial charge in [0.15, 0.2) is 5.82 Å². The van der Waals surface area contributed by atoms with E-state index in [1.165, 1.54) is 11.9 Å². The Morgan fingerprint density at radius 2 is 2.21 bits per heavy atom. The number of rotatable bonds is 1. The van der Waals surface area contributed by atoms with Crippen LogP contribution in [0.3, 0.4) is 0 Å². The second-order valence-electron chi connectivity index (χ2n) is 4.57. The van der Waals surface area contributed by atoms with Gasteiger partial charge in [-0.1, -0.05) is 17.7 Å². The highest BCUT2D eigenvalue weighted by atomic mass is 35.5. The zero-order valence-corrected chi connectivity index (χ0v) is 10.9. The molecule has 0 fully saturated rings. The number of benzene rings is 1. The van der Waals surface area contributed by atoms with Crippen LogP contribution in [-0.2, 0) is 13.0 Å². The highest BCUT2D eigenvalue weighted by Crippen LogP contribution is 2.27. The van der Waals surface area contributed by atoms with Crippen LogP contribution in [0.25, 0.3) is 0 Å². The molecule has 0 aliphatic carbocycles. The van der Waals surface area contributed by atoms with Crippen LogP contribution in [0, 0.1) is 0 Å². The maximum Gasteiger partial charge on any atom is 0.271 e. The van der Waals surface area contributed by atoms with Crippen molar-refractivity contribution in [3.05, 3.63) is 51.0 Å². The van der Waals surface area contributed by atoms with Gasteiger partial charge in [-0.15, -0.1) is 0 Å². The predicted octanol–water partition coefficient (Wildman–Crippen LogP) is 1.57. The summed E-state index contributed by atoms with van der Waals surface area (Å²) >= 11 is 6.01. The van der Waals surface area contributed by atoms with Gasteiger partial charge in [-0.2, -0.15) is 0 Å². The van der Waals surface area contributed by atoms with E-state index in [0.29, 0.717) is 12.4 Å². The number of nitrogens with one attached hydrogen (secondary N) is 1. The Labute approximate surface area is 115 Å².